The zero-order valence-electron chi connectivity index (χ0n) is 13.5. The van der Waals surface area contributed by atoms with Crippen LogP contribution in [-0.4, -0.2) is 34.0 Å². The van der Waals surface area contributed by atoms with Crippen LogP contribution in [-0.2, 0) is 34.0 Å². The van der Waals surface area contributed by atoms with Gasteiger partial charge in [0.15, 0.2) is 0 Å². The monoisotopic (exact) mass is 328 g/mol. The lowest BCUT2D eigenvalue weighted by Crippen LogP contribution is -2.29. The normalized spacial score (nSPS) is 12.1. The van der Waals surface area contributed by atoms with E-state index in [0.29, 0.717) is 19.7 Å². The first-order chi connectivity index (χ1) is 11.6. The Labute approximate surface area is 140 Å². The number of aromatic nitrogens is 1. The number of nitrogens with zero attached hydrogens (tertiary/aromatic N) is 2. The van der Waals surface area contributed by atoms with Gasteiger partial charge >= 0.3 is 0 Å². The number of aryl methyl sites for hydroxylation is 1. The van der Waals surface area contributed by atoms with Crippen molar-refractivity contribution in [1.82, 2.24) is 9.88 Å². The van der Waals surface area contributed by atoms with Crippen molar-refractivity contribution in [3.63, 3.8) is 0 Å². The molecule has 0 spiro atoms. The third-order valence-electron chi connectivity index (χ3n) is 3.63. The molecule has 0 atom stereocenters. The van der Waals surface area contributed by atoms with Gasteiger partial charge in [0.05, 0.1) is 6.61 Å². The van der Waals surface area contributed by atoms with Crippen molar-refractivity contribution in [2.75, 3.05) is 6.61 Å². The fourth-order valence-corrected chi connectivity index (χ4v) is 2.50. The molecule has 126 valence electrons. The van der Waals surface area contributed by atoms with Crippen LogP contribution in [0.15, 0.2) is 42.6 Å². The summed E-state index contributed by atoms with van der Waals surface area (Å²) < 4.78 is 5.51. The van der Waals surface area contributed by atoms with E-state index in [2.05, 4.69) is 4.98 Å². The number of hydrogen-bond donors (Lipinski definition) is 1. The fourth-order valence-electron chi connectivity index (χ4n) is 2.50. The lowest BCUT2D eigenvalue weighted by atomic mass is 10.2. The van der Waals surface area contributed by atoms with E-state index >= 15 is 0 Å². The van der Waals surface area contributed by atoms with Gasteiger partial charge in [-0.3, -0.25) is 14.6 Å². The molecular formula is C18H20N2O4. The summed E-state index contributed by atoms with van der Waals surface area (Å²) in [5.41, 5.74) is 4.40. The van der Waals surface area contributed by atoms with Gasteiger partial charge in [0.2, 0.25) is 5.91 Å². The summed E-state index contributed by atoms with van der Waals surface area (Å²) in [5.74, 6) is 0.0276. The van der Waals surface area contributed by atoms with E-state index in [-0.39, 0.29) is 19.0 Å². The standard InChI is InChI=1S/C17H18N2O2.CH2O2/c1-13-7-15-9-19(10-16(15)8-18-13)17(20)12-21-11-14-5-3-2-4-6-14;2-1-3/h2-8H,9-12H2,1H3;1H,(H,2,3). The molecule has 3 rings (SSSR count). The quantitative estimate of drug-likeness (QED) is 0.870. The molecule has 2 aromatic rings. The number of rotatable bonds is 4. The zero-order chi connectivity index (χ0) is 17.4. The van der Waals surface area contributed by atoms with Crippen molar-refractivity contribution in [3.05, 3.63) is 65.0 Å². The molecule has 1 amide bonds. The Bertz CT molecular complexity index is 689. The molecule has 1 aromatic heterocycles. The Hall–Kier alpha value is -2.73. The first-order valence-electron chi connectivity index (χ1n) is 7.55. The molecule has 0 saturated carbocycles. The van der Waals surface area contributed by atoms with Crippen LogP contribution in [0, 0.1) is 6.92 Å². The molecule has 1 aromatic carbocycles. The van der Waals surface area contributed by atoms with E-state index < -0.39 is 0 Å². The topological polar surface area (TPSA) is 79.7 Å². The summed E-state index contributed by atoms with van der Waals surface area (Å²) in [6.07, 6.45) is 1.86. The highest BCUT2D eigenvalue weighted by Gasteiger charge is 2.23. The Balaban J connectivity index is 0.000000647. The summed E-state index contributed by atoms with van der Waals surface area (Å²) in [5, 5.41) is 6.89. The lowest BCUT2D eigenvalue weighted by molar-refractivity contribution is -0.137. The second kappa shape index (κ2) is 8.79. The van der Waals surface area contributed by atoms with E-state index in [1.165, 1.54) is 5.56 Å². The highest BCUT2D eigenvalue weighted by atomic mass is 16.5. The molecule has 0 unspecified atom stereocenters. The van der Waals surface area contributed by atoms with Crippen LogP contribution in [0.5, 0.6) is 0 Å². The van der Waals surface area contributed by atoms with Gasteiger partial charge in [-0.25, -0.2) is 0 Å². The molecule has 0 saturated heterocycles. The lowest BCUT2D eigenvalue weighted by Gasteiger charge is -2.15. The first kappa shape index (κ1) is 17.6. The van der Waals surface area contributed by atoms with Crippen molar-refractivity contribution in [3.8, 4) is 0 Å². The summed E-state index contributed by atoms with van der Waals surface area (Å²) in [4.78, 5) is 26.6. The van der Waals surface area contributed by atoms with Crippen molar-refractivity contribution in [1.29, 1.82) is 0 Å². The molecule has 1 N–H and O–H groups in total. The molecule has 6 nitrogen and oxygen atoms in total. The van der Waals surface area contributed by atoms with Crippen LogP contribution in [0.2, 0.25) is 0 Å². The highest BCUT2D eigenvalue weighted by molar-refractivity contribution is 5.78. The largest absolute Gasteiger partial charge is 0.483 e. The van der Waals surface area contributed by atoms with Crippen molar-refractivity contribution in [2.45, 2.75) is 26.6 Å². The maximum atomic E-state index is 12.2. The maximum absolute atomic E-state index is 12.2. The van der Waals surface area contributed by atoms with Gasteiger partial charge in [-0.1, -0.05) is 30.3 Å². The van der Waals surface area contributed by atoms with Crippen LogP contribution >= 0.6 is 0 Å². The van der Waals surface area contributed by atoms with Crippen LogP contribution in [0.3, 0.4) is 0 Å². The second-order valence-corrected chi connectivity index (χ2v) is 5.43. The van der Waals surface area contributed by atoms with E-state index in [1.54, 1.807) is 0 Å². The number of fused-ring (bicyclic) bond motifs is 1. The van der Waals surface area contributed by atoms with E-state index in [1.807, 2.05) is 54.4 Å². The Morgan fingerprint density at radius 1 is 1.29 bits per heavy atom. The summed E-state index contributed by atoms with van der Waals surface area (Å²) >= 11 is 0. The van der Waals surface area contributed by atoms with Crippen LogP contribution in [0.1, 0.15) is 22.4 Å². The number of carbonyl (C=O) groups is 2. The predicted molar refractivity (Wildman–Crippen MR) is 88.0 cm³/mol. The summed E-state index contributed by atoms with van der Waals surface area (Å²) in [7, 11) is 0. The minimum atomic E-state index is -0.250. The van der Waals surface area contributed by atoms with Crippen molar-refractivity contribution in [2.24, 2.45) is 0 Å². The van der Waals surface area contributed by atoms with Gasteiger partial charge in [-0.2, -0.15) is 0 Å². The number of ether oxygens (including phenoxy) is 1. The van der Waals surface area contributed by atoms with Gasteiger partial charge < -0.3 is 14.7 Å². The summed E-state index contributed by atoms with van der Waals surface area (Å²) in [6, 6.07) is 11.9. The third-order valence-corrected chi connectivity index (χ3v) is 3.63. The minimum absolute atomic E-state index is 0.0276. The number of benzene rings is 1. The number of carbonyl (C=O) groups excluding carboxylic acids is 1. The third kappa shape index (κ3) is 4.89. The van der Waals surface area contributed by atoms with Crippen LogP contribution < -0.4 is 0 Å². The van der Waals surface area contributed by atoms with Crippen molar-refractivity contribution < 1.29 is 19.4 Å². The second-order valence-electron chi connectivity index (χ2n) is 5.43. The average Bonchev–Trinajstić information content (AvgIpc) is 2.99. The zero-order valence-corrected chi connectivity index (χ0v) is 13.5. The molecule has 0 radical (unpaired) electrons. The van der Waals surface area contributed by atoms with E-state index in [9.17, 15) is 4.79 Å². The number of amides is 1. The highest BCUT2D eigenvalue weighted by Crippen LogP contribution is 2.22. The molecule has 24 heavy (non-hydrogen) atoms. The first-order valence-corrected chi connectivity index (χ1v) is 7.55. The molecule has 2 heterocycles. The molecule has 0 fully saturated rings. The fraction of sp³-hybridized carbons (Fsp3) is 0.278. The van der Waals surface area contributed by atoms with Gasteiger partial charge in [-0.05, 0) is 29.7 Å². The molecule has 0 bridgehead atoms. The minimum Gasteiger partial charge on any atom is -0.483 e. The van der Waals surface area contributed by atoms with Gasteiger partial charge in [0, 0.05) is 25.0 Å². The maximum Gasteiger partial charge on any atom is 0.290 e. The van der Waals surface area contributed by atoms with Gasteiger partial charge in [0.25, 0.3) is 6.47 Å². The molecule has 1 aliphatic heterocycles. The predicted octanol–water partition coefficient (Wildman–Crippen LogP) is 2.15. The Morgan fingerprint density at radius 3 is 2.67 bits per heavy atom. The molecular weight excluding hydrogens is 308 g/mol. The number of pyridine rings is 1. The smallest absolute Gasteiger partial charge is 0.290 e. The number of carboxylic acid groups (broad SMARTS) is 1. The van der Waals surface area contributed by atoms with Crippen LogP contribution in [0.25, 0.3) is 0 Å². The molecule has 0 aliphatic carbocycles. The molecule has 6 heteroatoms. The summed E-state index contributed by atoms with van der Waals surface area (Å²) in [6.45, 7) is 3.60. The van der Waals surface area contributed by atoms with Gasteiger partial charge in [0.1, 0.15) is 6.61 Å². The Kier molecular flexibility index (Phi) is 6.45. The van der Waals surface area contributed by atoms with Crippen LogP contribution in [0.4, 0.5) is 0 Å². The van der Waals surface area contributed by atoms with E-state index in [4.69, 9.17) is 14.6 Å². The average molecular weight is 328 g/mol. The molecule has 1 aliphatic rings. The van der Waals surface area contributed by atoms with Crippen molar-refractivity contribution >= 4 is 12.4 Å². The van der Waals surface area contributed by atoms with E-state index in [0.717, 1.165) is 16.8 Å². The van der Waals surface area contributed by atoms with Gasteiger partial charge in [-0.15, -0.1) is 0 Å². The SMILES string of the molecule is Cc1cc2c(cn1)CN(C(=O)COCc1ccccc1)C2.O=CO. The number of hydrogen-bond acceptors (Lipinski definition) is 4. The Morgan fingerprint density at radius 2 is 1.96 bits per heavy atom.